The Morgan fingerprint density at radius 2 is 2.22 bits per heavy atom. The normalized spacial score (nSPS) is 24.7. The lowest BCUT2D eigenvalue weighted by atomic mass is 10.0. The number of aromatic amines is 1. The lowest BCUT2D eigenvalue weighted by Gasteiger charge is -2.14. The van der Waals surface area contributed by atoms with Gasteiger partial charge < -0.3 is 10.4 Å². The SMILES string of the molecule is CC(NC(=O)[C@@H]1CC[C@H](C(=O)O)C1)c1ncn[nH]1. The molecule has 1 heterocycles. The molecule has 0 spiro atoms. The van der Waals surface area contributed by atoms with Gasteiger partial charge in [0.2, 0.25) is 5.91 Å². The molecule has 0 saturated heterocycles. The highest BCUT2D eigenvalue weighted by molar-refractivity contribution is 5.81. The summed E-state index contributed by atoms with van der Waals surface area (Å²) in [7, 11) is 0. The van der Waals surface area contributed by atoms with Crippen molar-refractivity contribution in [2.24, 2.45) is 11.8 Å². The first-order valence-corrected chi connectivity index (χ1v) is 5.96. The predicted octanol–water partition coefficient (Wildman–Crippen LogP) is 0.483. The molecule has 1 fully saturated rings. The summed E-state index contributed by atoms with van der Waals surface area (Å²) in [4.78, 5) is 26.7. The highest BCUT2D eigenvalue weighted by atomic mass is 16.4. The highest BCUT2D eigenvalue weighted by Crippen LogP contribution is 2.31. The van der Waals surface area contributed by atoms with Crippen LogP contribution >= 0.6 is 0 Å². The molecule has 1 aromatic rings. The number of aliphatic carboxylic acids is 1. The van der Waals surface area contributed by atoms with Crippen LogP contribution in [0.5, 0.6) is 0 Å². The molecule has 18 heavy (non-hydrogen) atoms. The van der Waals surface area contributed by atoms with Gasteiger partial charge in [0.05, 0.1) is 12.0 Å². The van der Waals surface area contributed by atoms with Gasteiger partial charge in [0.15, 0.2) is 0 Å². The van der Waals surface area contributed by atoms with Crippen LogP contribution in [0.3, 0.4) is 0 Å². The smallest absolute Gasteiger partial charge is 0.306 e. The Hall–Kier alpha value is -1.92. The summed E-state index contributed by atoms with van der Waals surface area (Å²) < 4.78 is 0. The Morgan fingerprint density at radius 1 is 1.50 bits per heavy atom. The maximum absolute atomic E-state index is 12.0. The van der Waals surface area contributed by atoms with Crippen LogP contribution in [0.25, 0.3) is 0 Å². The molecule has 1 unspecified atom stereocenters. The van der Waals surface area contributed by atoms with Gasteiger partial charge >= 0.3 is 5.97 Å². The number of carbonyl (C=O) groups excluding carboxylic acids is 1. The molecule has 7 nitrogen and oxygen atoms in total. The van der Waals surface area contributed by atoms with Crippen LogP contribution in [0.4, 0.5) is 0 Å². The van der Waals surface area contributed by atoms with Crippen molar-refractivity contribution in [3.8, 4) is 0 Å². The minimum Gasteiger partial charge on any atom is -0.481 e. The molecule has 7 heteroatoms. The summed E-state index contributed by atoms with van der Waals surface area (Å²) in [6.45, 7) is 1.81. The maximum atomic E-state index is 12.0. The number of aromatic nitrogens is 3. The summed E-state index contributed by atoms with van der Waals surface area (Å²) in [6.07, 6.45) is 3.01. The number of nitrogens with zero attached hydrogens (tertiary/aromatic N) is 2. The monoisotopic (exact) mass is 252 g/mol. The van der Waals surface area contributed by atoms with E-state index in [1.54, 1.807) is 0 Å². The molecule has 0 aliphatic heterocycles. The van der Waals surface area contributed by atoms with E-state index in [1.807, 2.05) is 6.92 Å². The highest BCUT2D eigenvalue weighted by Gasteiger charge is 2.34. The fourth-order valence-corrected chi connectivity index (χ4v) is 2.27. The first kappa shape index (κ1) is 12.5. The quantitative estimate of drug-likeness (QED) is 0.722. The fraction of sp³-hybridized carbons (Fsp3) is 0.636. The summed E-state index contributed by atoms with van der Waals surface area (Å²) in [5.74, 6) is -0.926. The van der Waals surface area contributed by atoms with Gasteiger partial charge in [-0.3, -0.25) is 14.7 Å². The number of amides is 1. The third kappa shape index (κ3) is 2.66. The summed E-state index contributed by atoms with van der Waals surface area (Å²) >= 11 is 0. The second kappa shape index (κ2) is 5.16. The van der Waals surface area contributed by atoms with E-state index in [1.165, 1.54) is 6.33 Å². The van der Waals surface area contributed by atoms with Crippen LogP contribution in [-0.4, -0.2) is 32.2 Å². The van der Waals surface area contributed by atoms with Gasteiger partial charge in [0, 0.05) is 5.92 Å². The molecule has 1 saturated carbocycles. The molecule has 1 aromatic heterocycles. The Balaban J connectivity index is 1.87. The Bertz CT molecular complexity index is 432. The number of rotatable bonds is 4. The molecule has 1 amide bonds. The average molecular weight is 252 g/mol. The average Bonchev–Trinajstić information content (AvgIpc) is 3.00. The van der Waals surface area contributed by atoms with E-state index >= 15 is 0 Å². The van der Waals surface area contributed by atoms with Gasteiger partial charge in [0.25, 0.3) is 0 Å². The molecule has 98 valence electrons. The largest absolute Gasteiger partial charge is 0.481 e. The summed E-state index contributed by atoms with van der Waals surface area (Å²) in [6, 6.07) is -0.246. The van der Waals surface area contributed by atoms with Crippen molar-refractivity contribution >= 4 is 11.9 Å². The van der Waals surface area contributed by atoms with E-state index in [2.05, 4.69) is 20.5 Å². The van der Waals surface area contributed by atoms with E-state index < -0.39 is 5.97 Å². The molecule has 3 N–H and O–H groups in total. The number of carbonyl (C=O) groups is 2. The second-order valence-corrected chi connectivity index (χ2v) is 4.65. The Kier molecular flexibility index (Phi) is 3.59. The van der Waals surface area contributed by atoms with Gasteiger partial charge in [0.1, 0.15) is 12.2 Å². The molecule has 0 bridgehead atoms. The van der Waals surface area contributed by atoms with Crippen LogP contribution in [0, 0.1) is 11.8 Å². The fourth-order valence-electron chi connectivity index (χ4n) is 2.27. The lowest BCUT2D eigenvalue weighted by Crippen LogP contribution is -2.32. The molecule has 0 aromatic carbocycles. The van der Waals surface area contributed by atoms with Crippen molar-refractivity contribution in [3.63, 3.8) is 0 Å². The minimum absolute atomic E-state index is 0.109. The van der Waals surface area contributed by atoms with E-state index in [-0.39, 0.29) is 23.8 Å². The summed E-state index contributed by atoms with van der Waals surface area (Å²) in [5, 5.41) is 18.1. The second-order valence-electron chi connectivity index (χ2n) is 4.65. The van der Waals surface area contributed by atoms with Gasteiger partial charge in [-0.2, -0.15) is 5.10 Å². The van der Waals surface area contributed by atoms with Crippen molar-refractivity contribution < 1.29 is 14.7 Å². The Morgan fingerprint density at radius 3 is 2.78 bits per heavy atom. The summed E-state index contributed by atoms with van der Waals surface area (Å²) in [5.41, 5.74) is 0. The van der Waals surface area contributed by atoms with Crippen molar-refractivity contribution in [2.45, 2.75) is 32.2 Å². The van der Waals surface area contributed by atoms with Gasteiger partial charge in [-0.05, 0) is 26.2 Å². The van der Waals surface area contributed by atoms with Gasteiger partial charge in [-0.1, -0.05) is 0 Å². The number of H-pyrrole nitrogens is 1. The number of hydrogen-bond acceptors (Lipinski definition) is 4. The third-order valence-electron chi connectivity index (χ3n) is 3.36. The topological polar surface area (TPSA) is 108 Å². The zero-order valence-corrected chi connectivity index (χ0v) is 10.1. The molecular formula is C11H16N4O3. The molecule has 2 rings (SSSR count). The molecular weight excluding hydrogens is 236 g/mol. The lowest BCUT2D eigenvalue weighted by molar-refractivity contribution is -0.141. The number of nitrogens with one attached hydrogen (secondary N) is 2. The first-order chi connectivity index (χ1) is 8.58. The van der Waals surface area contributed by atoms with Crippen LogP contribution in [0.15, 0.2) is 6.33 Å². The maximum Gasteiger partial charge on any atom is 0.306 e. The molecule has 3 atom stereocenters. The van der Waals surface area contributed by atoms with E-state index in [0.29, 0.717) is 25.1 Å². The standard InChI is InChI=1S/C11H16N4O3/c1-6(9-12-5-13-15-9)14-10(16)7-2-3-8(4-7)11(17)18/h5-8H,2-4H2,1H3,(H,14,16)(H,17,18)(H,12,13,15)/t6?,7-,8+/m1/s1. The van der Waals surface area contributed by atoms with Crippen LogP contribution in [0.2, 0.25) is 0 Å². The van der Waals surface area contributed by atoms with E-state index in [0.717, 1.165) is 0 Å². The van der Waals surface area contributed by atoms with Crippen LogP contribution < -0.4 is 5.32 Å². The van der Waals surface area contributed by atoms with Gasteiger partial charge in [-0.15, -0.1) is 0 Å². The van der Waals surface area contributed by atoms with Crippen molar-refractivity contribution in [1.82, 2.24) is 20.5 Å². The number of hydrogen-bond donors (Lipinski definition) is 3. The zero-order valence-electron chi connectivity index (χ0n) is 10.1. The van der Waals surface area contributed by atoms with Gasteiger partial charge in [-0.25, -0.2) is 4.98 Å². The van der Waals surface area contributed by atoms with Crippen LogP contribution in [0.1, 0.15) is 38.1 Å². The number of carboxylic acids is 1. The minimum atomic E-state index is -0.811. The van der Waals surface area contributed by atoms with E-state index in [9.17, 15) is 9.59 Å². The zero-order chi connectivity index (χ0) is 13.1. The molecule has 1 aliphatic rings. The van der Waals surface area contributed by atoms with Crippen molar-refractivity contribution in [1.29, 1.82) is 0 Å². The van der Waals surface area contributed by atoms with Crippen molar-refractivity contribution in [3.05, 3.63) is 12.2 Å². The molecule has 1 aliphatic carbocycles. The Labute approximate surface area is 104 Å². The third-order valence-corrected chi connectivity index (χ3v) is 3.36. The predicted molar refractivity (Wildman–Crippen MR) is 61.4 cm³/mol. The van der Waals surface area contributed by atoms with Crippen molar-refractivity contribution in [2.75, 3.05) is 0 Å². The number of carboxylic acid groups (broad SMARTS) is 1. The van der Waals surface area contributed by atoms with Crippen LogP contribution in [-0.2, 0) is 9.59 Å². The first-order valence-electron chi connectivity index (χ1n) is 5.96. The van der Waals surface area contributed by atoms with E-state index in [4.69, 9.17) is 5.11 Å². The molecule has 0 radical (unpaired) electrons.